The Bertz CT molecular complexity index is 771. The van der Waals surface area contributed by atoms with E-state index < -0.39 is 4.92 Å². The van der Waals surface area contributed by atoms with Gasteiger partial charge in [-0.05, 0) is 42.7 Å². The number of nitro groups is 1. The first kappa shape index (κ1) is 16.0. The van der Waals surface area contributed by atoms with Crippen LogP contribution in [0.1, 0.15) is 28.4 Å². The summed E-state index contributed by atoms with van der Waals surface area (Å²) in [7, 11) is 0. The second-order valence-electron chi connectivity index (χ2n) is 5.92. The standard InChI is InChI=1S/C18H18N2O4/c1-12(10-13-2-7-17-15(11-13)8-9-24-17)19-18(21)14-3-5-16(6-4-14)20(22)23/h2-7,11-12H,8-10H2,1H3,(H,19,21). The Morgan fingerprint density at radius 1 is 1.29 bits per heavy atom. The van der Waals surface area contributed by atoms with E-state index in [1.165, 1.54) is 29.8 Å². The molecule has 3 rings (SSSR count). The van der Waals surface area contributed by atoms with Crippen LogP contribution in [0.3, 0.4) is 0 Å². The fourth-order valence-corrected chi connectivity index (χ4v) is 2.81. The zero-order valence-corrected chi connectivity index (χ0v) is 13.3. The summed E-state index contributed by atoms with van der Waals surface area (Å²) in [4.78, 5) is 22.4. The number of rotatable bonds is 5. The van der Waals surface area contributed by atoms with Crippen molar-refractivity contribution < 1.29 is 14.5 Å². The summed E-state index contributed by atoms with van der Waals surface area (Å²) >= 11 is 0. The summed E-state index contributed by atoms with van der Waals surface area (Å²) in [6.45, 7) is 2.66. The van der Waals surface area contributed by atoms with Gasteiger partial charge in [-0.25, -0.2) is 0 Å². The third-order valence-electron chi connectivity index (χ3n) is 4.01. The lowest BCUT2D eigenvalue weighted by molar-refractivity contribution is -0.384. The maximum absolute atomic E-state index is 12.2. The van der Waals surface area contributed by atoms with E-state index in [4.69, 9.17) is 4.74 Å². The van der Waals surface area contributed by atoms with Gasteiger partial charge in [0.1, 0.15) is 5.75 Å². The van der Waals surface area contributed by atoms with Crippen LogP contribution in [-0.4, -0.2) is 23.5 Å². The lowest BCUT2D eigenvalue weighted by atomic mass is 10.0. The molecule has 1 aliphatic rings. The van der Waals surface area contributed by atoms with Gasteiger partial charge in [0.2, 0.25) is 0 Å². The zero-order valence-electron chi connectivity index (χ0n) is 13.3. The normalized spacial score (nSPS) is 13.7. The Hall–Kier alpha value is -2.89. The molecular formula is C18H18N2O4. The highest BCUT2D eigenvalue weighted by Gasteiger charge is 2.15. The molecule has 0 bridgehead atoms. The van der Waals surface area contributed by atoms with E-state index in [-0.39, 0.29) is 17.6 Å². The largest absolute Gasteiger partial charge is 0.493 e. The molecule has 6 heteroatoms. The molecular weight excluding hydrogens is 308 g/mol. The van der Waals surface area contributed by atoms with E-state index in [9.17, 15) is 14.9 Å². The molecule has 0 spiro atoms. The highest BCUT2D eigenvalue weighted by molar-refractivity contribution is 5.94. The molecule has 1 atom stereocenters. The Balaban J connectivity index is 1.60. The van der Waals surface area contributed by atoms with E-state index in [1.54, 1.807) is 0 Å². The predicted molar refractivity (Wildman–Crippen MR) is 89.4 cm³/mol. The van der Waals surface area contributed by atoms with Crippen LogP contribution in [0.2, 0.25) is 0 Å². The van der Waals surface area contributed by atoms with Crippen molar-refractivity contribution in [3.05, 3.63) is 69.3 Å². The lowest BCUT2D eigenvalue weighted by Crippen LogP contribution is -2.34. The average Bonchev–Trinajstić information content (AvgIpc) is 3.02. The molecule has 1 amide bonds. The van der Waals surface area contributed by atoms with Gasteiger partial charge in [-0.3, -0.25) is 14.9 Å². The van der Waals surface area contributed by atoms with Crippen molar-refractivity contribution in [2.24, 2.45) is 0 Å². The number of ether oxygens (including phenoxy) is 1. The van der Waals surface area contributed by atoms with Crippen LogP contribution in [0.15, 0.2) is 42.5 Å². The van der Waals surface area contributed by atoms with Gasteiger partial charge in [0.25, 0.3) is 11.6 Å². The molecule has 2 aromatic rings. The maximum Gasteiger partial charge on any atom is 0.269 e. The zero-order chi connectivity index (χ0) is 17.1. The molecule has 2 aromatic carbocycles. The summed E-state index contributed by atoms with van der Waals surface area (Å²) in [5.74, 6) is 0.711. The summed E-state index contributed by atoms with van der Waals surface area (Å²) in [6, 6.07) is 11.7. The van der Waals surface area contributed by atoms with Crippen molar-refractivity contribution in [3.8, 4) is 5.75 Å². The molecule has 0 aliphatic carbocycles. The van der Waals surface area contributed by atoms with Crippen LogP contribution in [0.5, 0.6) is 5.75 Å². The first-order valence-corrected chi connectivity index (χ1v) is 7.83. The fraction of sp³-hybridized carbons (Fsp3) is 0.278. The van der Waals surface area contributed by atoms with E-state index >= 15 is 0 Å². The Morgan fingerprint density at radius 3 is 2.75 bits per heavy atom. The Kier molecular flexibility index (Phi) is 4.46. The number of carbonyl (C=O) groups excluding carboxylic acids is 1. The van der Waals surface area contributed by atoms with Crippen molar-refractivity contribution in [1.82, 2.24) is 5.32 Å². The van der Waals surface area contributed by atoms with Crippen LogP contribution < -0.4 is 10.1 Å². The number of hydrogen-bond acceptors (Lipinski definition) is 4. The van der Waals surface area contributed by atoms with E-state index in [2.05, 4.69) is 11.4 Å². The van der Waals surface area contributed by atoms with Gasteiger partial charge in [-0.2, -0.15) is 0 Å². The summed E-state index contributed by atoms with van der Waals surface area (Å²) in [5, 5.41) is 13.6. The number of non-ortho nitro benzene ring substituents is 1. The van der Waals surface area contributed by atoms with E-state index in [0.717, 1.165) is 24.3 Å². The molecule has 0 saturated carbocycles. The fourth-order valence-electron chi connectivity index (χ4n) is 2.81. The minimum atomic E-state index is -0.484. The summed E-state index contributed by atoms with van der Waals surface area (Å²) < 4.78 is 5.49. The van der Waals surface area contributed by atoms with Gasteiger partial charge in [0, 0.05) is 30.2 Å². The topological polar surface area (TPSA) is 81.5 Å². The lowest BCUT2D eigenvalue weighted by Gasteiger charge is -2.14. The predicted octanol–water partition coefficient (Wildman–Crippen LogP) is 2.89. The molecule has 1 unspecified atom stereocenters. The molecule has 0 radical (unpaired) electrons. The number of nitrogens with zero attached hydrogens (tertiary/aromatic N) is 1. The van der Waals surface area contributed by atoms with Gasteiger partial charge < -0.3 is 10.1 Å². The Labute approximate surface area is 139 Å². The number of fused-ring (bicyclic) bond motifs is 1. The van der Waals surface area contributed by atoms with Crippen molar-refractivity contribution in [2.45, 2.75) is 25.8 Å². The highest BCUT2D eigenvalue weighted by atomic mass is 16.6. The molecule has 1 aliphatic heterocycles. The molecule has 1 heterocycles. The first-order valence-electron chi connectivity index (χ1n) is 7.83. The van der Waals surface area contributed by atoms with Crippen molar-refractivity contribution >= 4 is 11.6 Å². The van der Waals surface area contributed by atoms with Crippen molar-refractivity contribution in [2.75, 3.05) is 6.61 Å². The van der Waals surface area contributed by atoms with Gasteiger partial charge >= 0.3 is 0 Å². The molecule has 124 valence electrons. The number of carbonyl (C=O) groups is 1. The Morgan fingerprint density at radius 2 is 2.04 bits per heavy atom. The van der Waals surface area contributed by atoms with Crippen LogP contribution in [0.4, 0.5) is 5.69 Å². The second-order valence-corrected chi connectivity index (χ2v) is 5.92. The monoisotopic (exact) mass is 326 g/mol. The van der Waals surface area contributed by atoms with Crippen LogP contribution in [0.25, 0.3) is 0 Å². The number of nitro benzene ring substituents is 1. The molecule has 0 saturated heterocycles. The van der Waals surface area contributed by atoms with Crippen LogP contribution in [-0.2, 0) is 12.8 Å². The third kappa shape index (κ3) is 3.53. The quantitative estimate of drug-likeness (QED) is 0.676. The number of hydrogen-bond donors (Lipinski definition) is 1. The molecule has 6 nitrogen and oxygen atoms in total. The van der Waals surface area contributed by atoms with Crippen LogP contribution >= 0.6 is 0 Å². The van der Waals surface area contributed by atoms with Gasteiger partial charge in [-0.15, -0.1) is 0 Å². The highest BCUT2D eigenvalue weighted by Crippen LogP contribution is 2.26. The number of benzene rings is 2. The third-order valence-corrected chi connectivity index (χ3v) is 4.01. The molecule has 1 N–H and O–H groups in total. The van der Waals surface area contributed by atoms with Gasteiger partial charge in [-0.1, -0.05) is 12.1 Å². The van der Waals surface area contributed by atoms with Crippen LogP contribution in [0, 0.1) is 10.1 Å². The number of amides is 1. The summed E-state index contributed by atoms with van der Waals surface area (Å²) in [5.41, 5.74) is 2.74. The summed E-state index contributed by atoms with van der Waals surface area (Å²) in [6.07, 6.45) is 1.64. The minimum absolute atomic E-state index is 0.0278. The smallest absolute Gasteiger partial charge is 0.269 e. The SMILES string of the molecule is CC(Cc1ccc2c(c1)CCO2)NC(=O)c1ccc([N+](=O)[O-])cc1. The molecule has 0 fully saturated rings. The number of nitrogens with one attached hydrogen (secondary N) is 1. The second kappa shape index (κ2) is 6.70. The molecule has 24 heavy (non-hydrogen) atoms. The maximum atomic E-state index is 12.2. The van der Waals surface area contributed by atoms with Gasteiger partial charge in [0.15, 0.2) is 0 Å². The first-order chi connectivity index (χ1) is 11.5. The van der Waals surface area contributed by atoms with Crippen molar-refractivity contribution in [1.29, 1.82) is 0 Å². The van der Waals surface area contributed by atoms with Gasteiger partial charge in [0.05, 0.1) is 11.5 Å². The minimum Gasteiger partial charge on any atom is -0.493 e. The average molecular weight is 326 g/mol. The molecule has 0 aromatic heterocycles. The van der Waals surface area contributed by atoms with Crippen molar-refractivity contribution in [3.63, 3.8) is 0 Å². The van der Waals surface area contributed by atoms with E-state index in [1.807, 2.05) is 19.1 Å². The van der Waals surface area contributed by atoms with E-state index in [0.29, 0.717) is 12.0 Å².